The van der Waals surface area contributed by atoms with Crippen molar-refractivity contribution in [3.05, 3.63) is 34.3 Å². The van der Waals surface area contributed by atoms with E-state index in [9.17, 15) is 4.79 Å². The van der Waals surface area contributed by atoms with Crippen molar-refractivity contribution in [2.75, 3.05) is 18.1 Å². The van der Waals surface area contributed by atoms with Crippen molar-refractivity contribution in [1.29, 1.82) is 0 Å². The fourth-order valence-corrected chi connectivity index (χ4v) is 2.56. The third kappa shape index (κ3) is 6.16. The maximum atomic E-state index is 10.6. The minimum absolute atomic E-state index is 0.628. The molecule has 0 radical (unpaired) electrons. The third-order valence-corrected chi connectivity index (χ3v) is 3.90. The number of benzene rings is 1. The highest BCUT2D eigenvalue weighted by molar-refractivity contribution is 9.10. The summed E-state index contributed by atoms with van der Waals surface area (Å²) in [6.07, 6.45) is 3.63. The first kappa shape index (κ1) is 16.1. The van der Waals surface area contributed by atoms with Gasteiger partial charge in [0.05, 0.1) is 11.1 Å². The summed E-state index contributed by atoms with van der Waals surface area (Å²) in [6.45, 7) is 2.76. The van der Waals surface area contributed by atoms with Crippen molar-refractivity contribution in [3.63, 3.8) is 0 Å². The smallest absolute Gasteiger partial charge is 0.328 e. The summed E-state index contributed by atoms with van der Waals surface area (Å²) in [5, 5.41) is 8.67. The minimum Gasteiger partial charge on any atom is -0.492 e. The number of para-hydroxylation sites is 1. The van der Waals surface area contributed by atoms with E-state index < -0.39 is 5.97 Å². The third-order valence-electron chi connectivity index (χ3n) is 2.29. The molecule has 0 aromatic heterocycles. The number of carboxylic acid groups (broad SMARTS) is 1. The van der Waals surface area contributed by atoms with Gasteiger partial charge in [-0.15, -0.1) is 0 Å². The summed E-state index contributed by atoms with van der Waals surface area (Å²) in [5.41, 5.74) is 0.764. The summed E-state index contributed by atoms with van der Waals surface area (Å²) in [5.74, 6) is 1.91. The lowest BCUT2D eigenvalue weighted by Crippen LogP contribution is -2.01. The molecule has 0 fully saturated rings. The predicted octanol–water partition coefficient (Wildman–Crippen LogP) is 4.07. The fraction of sp³-hybridized carbons (Fsp3) is 0.357. The van der Waals surface area contributed by atoms with Gasteiger partial charge in [-0.05, 0) is 46.0 Å². The molecule has 1 rings (SSSR count). The summed E-state index contributed by atoms with van der Waals surface area (Å²) < 4.78 is 6.58. The van der Waals surface area contributed by atoms with Crippen molar-refractivity contribution >= 4 is 39.7 Å². The molecule has 1 aromatic rings. The topological polar surface area (TPSA) is 46.5 Å². The lowest BCUT2D eigenvalue weighted by Gasteiger charge is -2.11. The van der Waals surface area contributed by atoms with Gasteiger partial charge in [0.2, 0.25) is 0 Å². The van der Waals surface area contributed by atoms with Crippen LogP contribution in [-0.4, -0.2) is 29.2 Å². The number of aliphatic carboxylic acids is 1. The zero-order valence-electron chi connectivity index (χ0n) is 10.8. The summed E-state index contributed by atoms with van der Waals surface area (Å²) in [6, 6.07) is 5.57. The Bertz CT molecular complexity index is 446. The van der Waals surface area contributed by atoms with Crippen LogP contribution in [0.3, 0.4) is 0 Å². The molecule has 0 aliphatic carbocycles. The number of carbonyl (C=O) groups is 1. The van der Waals surface area contributed by atoms with Crippen LogP contribution in [-0.2, 0) is 4.79 Å². The minimum atomic E-state index is -0.967. The Balaban J connectivity index is 2.66. The van der Waals surface area contributed by atoms with Gasteiger partial charge in [0, 0.05) is 11.6 Å². The van der Waals surface area contributed by atoms with Crippen molar-refractivity contribution < 1.29 is 14.6 Å². The van der Waals surface area contributed by atoms with Crippen LogP contribution in [0.15, 0.2) is 28.7 Å². The van der Waals surface area contributed by atoms with Gasteiger partial charge in [-0.3, -0.25) is 0 Å². The van der Waals surface area contributed by atoms with Crippen molar-refractivity contribution in [3.8, 4) is 5.75 Å². The fourth-order valence-electron chi connectivity index (χ4n) is 1.45. The number of ether oxygens (including phenoxy) is 1. The van der Waals surface area contributed by atoms with Crippen LogP contribution in [0.25, 0.3) is 6.08 Å². The Labute approximate surface area is 126 Å². The maximum absolute atomic E-state index is 10.6. The monoisotopic (exact) mass is 344 g/mol. The number of hydrogen-bond acceptors (Lipinski definition) is 3. The highest BCUT2D eigenvalue weighted by Gasteiger charge is 2.06. The Morgan fingerprint density at radius 3 is 3.00 bits per heavy atom. The van der Waals surface area contributed by atoms with E-state index in [4.69, 9.17) is 9.84 Å². The Morgan fingerprint density at radius 1 is 1.53 bits per heavy atom. The second-order valence-corrected chi connectivity index (χ2v) is 5.98. The molecule has 0 aliphatic rings. The Morgan fingerprint density at radius 2 is 2.32 bits per heavy atom. The van der Waals surface area contributed by atoms with Crippen molar-refractivity contribution in [2.45, 2.75) is 13.3 Å². The van der Waals surface area contributed by atoms with Crippen molar-refractivity contribution in [2.24, 2.45) is 0 Å². The maximum Gasteiger partial charge on any atom is 0.328 e. The van der Waals surface area contributed by atoms with Gasteiger partial charge in [0.15, 0.2) is 0 Å². The molecule has 0 saturated heterocycles. The first-order valence-corrected chi connectivity index (χ1v) is 8.00. The van der Waals surface area contributed by atoms with E-state index in [1.54, 1.807) is 6.08 Å². The molecule has 0 saturated carbocycles. The summed E-state index contributed by atoms with van der Waals surface area (Å²) in [7, 11) is 0. The highest BCUT2D eigenvalue weighted by atomic mass is 79.9. The summed E-state index contributed by atoms with van der Waals surface area (Å²) in [4.78, 5) is 10.6. The predicted molar refractivity (Wildman–Crippen MR) is 83.9 cm³/mol. The van der Waals surface area contributed by atoms with Gasteiger partial charge >= 0.3 is 5.97 Å². The number of carboxylic acids is 1. The number of hydrogen-bond donors (Lipinski definition) is 1. The normalized spacial score (nSPS) is 10.8. The van der Waals surface area contributed by atoms with Crippen LogP contribution in [0, 0.1) is 0 Å². The molecule has 0 unspecified atom stereocenters. The quantitative estimate of drug-likeness (QED) is 0.570. The zero-order chi connectivity index (χ0) is 14.1. The molecule has 0 spiro atoms. The SMILES string of the molecule is CCSCCCOc1c(Br)cccc1/C=C/C(=O)O. The molecular formula is C14H17BrO3S. The van der Waals surface area contributed by atoms with Gasteiger partial charge in [-0.1, -0.05) is 19.1 Å². The van der Waals surface area contributed by atoms with Crippen LogP contribution >= 0.6 is 27.7 Å². The first-order chi connectivity index (χ1) is 9.15. The van der Waals surface area contributed by atoms with Gasteiger partial charge in [-0.2, -0.15) is 11.8 Å². The molecule has 0 heterocycles. The van der Waals surface area contributed by atoms with Crippen LogP contribution in [0.1, 0.15) is 18.9 Å². The van der Waals surface area contributed by atoms with Gasteiger partial charge in [0.25, 0.3) is 0 Å². The largest absolute Gasteiger partial charge is 0.492 e. The number of halogens is 1. The number of thioether (sulfide) groups is 1. The number of rotatable bonds is 8. The van der Waals surface area contributed by atoms with Gasteiger partial charge in [-0.25, -0.2) is 4.79 Å². The van der Waals surface area contributed by atoms with Gasteiger partial charge < -0.3 is 9.84 Å². The highest BCUT2D eigenvalue weighted by Crippen LogP contribution is 2.30. The van der Waals surface area contributed by atoms with Gasteiger partial charge in [0.1, 0.15) is 5.75 Å². The molecule has 0 aliphatic heterocycles. The molecule has 0 atom stereocenters. The molecule has 5 heteroatoms. The molecule has 0 bridgehead atoms. The van der Waals surface area contributed by atoms with E-state index in [1.165, 1.54) is 0 Å². The van der Waals surface area contributed by atoms with Crippen LogP contribution in [0.5, 0.6) is 5.75 Å². The molecule has 19 heavy (non-hydrogen) atoms. The van der Waals surface area contributed by atoms with E-state index in [-0.39, 0.29) is 0 Å². The first-order valence-electron chi connectivity index (χ1n) is 6.05. The van der Waals surface area contributed by atoms with Crippen LogP contribution in [0.4, 0.5) is 0 Å². The molecule has 104 valence electrons. The molecule has 0 amide bonds. The lowest BCUT2D eigenvalue weighted by atomic mass is 10.2. The van der Waals surface area contributed by atoms with E-state index >= 15 is 0 Å². The summed E-state index contributed by atoms with van der Waals surface area (Å²) >= 11 is 5.31. The standard InChI is InChI=1S/C14H17BrO3S/c1-2-19-10-4-9-18-14-11(7-8-13(16)17)5-3-6-12(14)15/h3,5-8H,2,4,9-10H2,1H3,(H,16,17)/b8-7+. The van der Waals surface area contributed by atoms with E-state index in [0.717, 1.165) is 34.0 Å². The second-order valence-electron chi connectivity index (χ2n) is 3.73. The molecule has 1 aromatic carbocycles. The Kier molecular flexibility index (Phi) is 7.67. The average molecular weight is 345 g/mol. The molecule has 3 nitrogen and oxygen atoms in total. The van der Waals surface area contributed by atoms with Crippen LogP contribution < -0.4 is 4.74 Å². The second kappa shape index (κ2) is 9.04. The molecular weight excluding hydrogens is 328 g/mol. The van der Waals surface area contributed by atoms with Crippen LogP contribution in [0.2, 0.25) is 0 Å². The van der Waals surface area contributed by atoms with E-state index in [0.29, 0.717) is 12.4 Å². The lowest BCUT2D eigenvalue weighted by molar-refractivity contribution is -0.131. The van der Waals surface area contributed by atoms with Crippen molar-refractivity contribution in [1.82, 2.24) is 0 Å². The molecule has 1 N–H and O–H groups in total. The van der Waals surface area contributed by atoms with E-state index in [2.05, 4.69) is 22.9 Å². The zero-order valence-corrected chi connectivity index (χ0v) is 13.2. The van der Waals surface area contributed by atoms with E-state index in [1.807, 2.05) is 30.0 Å². The Hall–Kier alpha value is -0.940. The average Bonchev–Trinajstić information content (AvgIpc) is 2.38.